The Labute approximate surface area is 135 Å². The van der Waals surface area contributed by atoms with Crippen LogP contribution < -0.4 is 9.62 Å². The molecule has 0 fully saturated rings. The van der Waals surface area contributed by atoms with Gasteiger partial charge in [0.05, 0.1) is 16.8 Å². The van der Waals surface area contributed by atoms with Crippen molar-refractivity contribution in [2.75, 3.05) is 17.6 Å². The van der Waals surface area contributed by atoms with Gasteiger partial charge in [0, 0.05) is 17.8 Å². The van der Waals surface area contributed by atoms with E-state index < -0.39 is 10.0 Å². The van der Waals surface area contributed by atoms with Gasteiger partial charge in [0.25, 0.3) is 5.91 Å². The first-order valence-electron chi connectivity index (χ1n) is 7.00. The Balaban J connectivity index is 2.34. The lowest BCUT2D eigenvalue weighted by molar-refractivity contribution is 0.0943. The van der Waals surface area contributed by atoms with Crippen LogP contribution in [-0.4, -0.2) is 33.7 Å². The molecule has 1 atom stereocenters. The molecule has 120 valence electrons. The van der Waals surface area contributed by atoms with Gasteiger partial charge < -0.3 is 5.32 Å². The Hall–Kier alpha value is -1.60. The maximum absolute atomic E-state index is 12.2. The fourth-order valence-corrected chi connectivity index (χ4v) is 3.37. The third-order valence-corrected chi connectivity index (χ3v) is 5.90. The minimum Gasteiger partial charge on any atom is -0.349 e. The summed E-state index contributed by atoms with van der Waals surface area (Å²) >= 11 is 1.41. The van der Waals surface area contributed by atoms with Crippen molar-refractivity contribution in [3.8, 4) is 0 Å². The molecule has 1 amide bonds. The van der Waals surface area contributed by atoms with Gasteiger partial charge >= 0.3 is 0 Å². The van der Waals surface area contributed by atoms with Crippen molar-refractivity contribution in [1.82, 2.24) is 5.32 Å². The number of hydrogen-bond donors (Lipinski definition) is 1. The van der Waals surface area contributed by atoms with E-state index in [1.54, 1.807) is 18.2 Å². The minimum atomic E-state index is -3.30. The van der Waals surface area contributed by atoms with E-state index in [0.29, 0.717) is 10.6 Å². The summed E-state index contributed by atoms with van der Waals surface area (Å²) in [4.78, 5) is 12.8. The molecule has 0 aliphatic rings. The van der Waals surface area contributed by atoms with Crippen molar-refractivity contribution in [3.05, 3.63) is 29.1 Å². The number of benzene rings is 1. The Morgan fingerprint density at radius 2 is 2.05 bits per heavy atom. The van der Waals surface area contributed by atoms with E-state index in [9.17, 15) is 13.2 Å². The van der Waals surface area contributed by atoms with Gasteiger partial charge in [-0.25, -0.2) is 8.42 Å². The fourth-order valence-electron chi connectivity index (χ4n) is 1.93. The average Bonchev–Trinajstić information content (AvgIpc) is 2.88. The molecule has 22 heavy (non-hydrogen) atoms. The monoisotopic (exact) mass is 340 g/mol. The number of fused-ring (bicyclic) bond motifs is 1. The molecule has 1 aromatic heterocycles. The summed E-state index contributed by atoms with van der Waals surface area (Å²) in [6.07, 6.45) is 2.04. The number of hydrogen-bond acceptors (Lipinski definition) is 4. The van der Waals surface area contributed by atoms with Crippen LogP contribution in [0, 0.1) is 0 Å². The van der Waals surface area contributed by atoms with Crippen LogP contribution in [-0.2, 0) is 10.0 Å². The molecule has 0 aliphatic heterocycles. The van der Waals surface area contributed by atoms with Gasteiger partial charge in [-0.1, -0.05) is 6.92 Å². The number of thiophene rings is 1. The number of anilines is 1. The summed E-state index contributed by atoms with van der Waals surface area (Å²) in [6.45, 7) is 3.98. The molecule has 0 saturated carbocycles. The smallest absolute Gasteiger partial charge is 0.261 e. The first-order valence-corrected chi connectivity index (χ1v) is 9.67. The Morgan fingerprint density at radius 1 is 1.36 bits per heavy atom. The van der Waals surface area contributed by atoms with E-state index in [1.165, 1.54) is 22.7 Å². The van der Waals surface area contributed by atoms with Crippen LogP contribution in [0.2, 0.25) is 0 Å². The van der Waals surface area contributed by atoms with Crippen LogP contribution in [0.5, 0.6) is 0 Å². The molecule has 1 aromatic carbocycles. The predicted molar refractivity (Wildman–Crippen MR) is 92.3 cm³/mol. The second-order valence-electron chi connectivity index (χ2n) is 5.35. The summed E-state index contributed by atoms with van der Waals surface area (Å²) in [5.41, 5.74) is 0.585. The van der Waals surface area contributed by atoms with Gasteiger partial charge in [-0.3, -0.25) is 9.10 Å². The highest BCUT2D eigenvalue weighted by atomic mass is 32.2. The zero-order valence-corrected chi connectivity index (χ0v) is 14.7. The normalized spacial score (nSPS) is 13.1. The van der Waals surface area contributed by atoms with Gasteiger partial charge in [0.2, 0.25) is 10.0 Å². The Bertz CT molecular complexity index is 796. The quantitative estimate of drug-likeness (QED) is 0.910. The van der Waals surface area contributed by atoms with Crippen molar-refractivity contribution in [2.45, 2.75) is 26.3 Å². The van der Waals surface area contributed by atoms with E-state index in [2.05, 4.69) is 5.32 Å². The van der Waals surface area contributed by atoms with Gasteiger partial charge in [0.15, 0.2) is 0 Å². The van der Waals surface area contributed by atoms with E-state index in [1.807, 2.05) is 19.9 Å². The molecular formula is C15H20N2O3S2. The van der Waals surface area contributed by atoms with Gasteiger partial charge in [0.1, 0.15) is 0 Å². The standard InChI is InChI=1S/C15H20N2O3S2/c1-5-10(2)16-15(18)14-9-11-8-12(6-7-13(11)21-14)17(3)22(4,19)20/h6-10H,5H2,1-4H3,(H,16,18). The van der Waals surface area contributed by atoms with Crippen molar-refractivity contribution in [3.63, 3.8) is 0 Å². The molecule has 2 aromatic rings. The number of carbonyl (C=O) groups excluding carboxylic acids is 1. The zero-order valence-electron chi connectivity index (χ0n) is 13.1. The molecule has 1 heterocycles. The number of carbonyl (C=O) groups is 1. The number of rotatable bonds is 5. The molecule has 0 aliphatic carbocycles. The lowest BCUT2D eigenvalue weighted by atomic mass is 10.2. The van der Waals surface area contributed by atoms with Crippen LogP contribution in [0.25, 0.3) is 10.1 Å². The van der Waals surface area contributed by atoms with Crippen molar-refractivity contribution >= 4 is 43.0 Å². The van der Waals surface area contributed by atoms with Crippen molar-refractivity contribution in [1.29, 1.82) is 0 Å². The highest BCUT2D eigenvalue weighted by Gasteiger charge is 2.15. The number of nitrogens with one attached hydrogen (secondary N) is 1. The lowest BCUT2D eigenvalue weighted by Crippen LogP contribution is -2.31. The van der Waals surface area contributed by atoms with Gasteiger partial charge in [-0.05, 0) is 43.0 Å². The SMILES string of the molecule is CCC(C)NC(=O)c1cc2cc(N(C)S(C)(=O)=O)ccc2s1. The fraction of sp³-hybridized carbons (Fsp3) is 0.400. The van der Waals surface area contributed by atoms with Crippen LogP contribution in [0.3, 0.4) is 0 Å². The minimum absolute atomic E-state index is 0.0893. The molecule has 1 unspecified atom stereocenters. The predicted octanol–water partition coefficient (Wildman–Crippen LogP) is 2.83. The highest BCUT2D eigenvalue weighted by molar-refractivity contribution is 7.92. The number of nitrogens with zero attached hydrogens (tertiary/aromatic N) is 1. The Morgan fingerprint density at radius 3 is 2.64 bits per heavy atom. The third-order valence-electron chi connectivity index (χ3n) is 3.57. The third kappa shape index (κ3) is 3.59. The highest BCUT2D eigenvalue weighted by Crippen LogP contribution is 2.29. The Kier molecular flexibility index (Phi) is 4.77. The average molecular weight is 340 g/mol. The maximum Gasteiger partial charge on any atom is 0.261 e. The van der Waals surface area contributed by atoms with E-state index >= 15 is 0 Å². The number of sulfonamides is 1. The van der Waals surface area contributed by atoms with E-state index in [-0.39, 0.29) is 11.9 Å². The van der Waals surface area contributed by atoms with E-state index in [0.717, 1.165) is 22.8 Å². The van der Waals surface area contributed by atoms with Crippen LogP contribution >= 0.6 is 11.3 Å². The lowest BCUT2D eigenvalue weighted by Gasteiger charge is -2.16. The molecule has 0 spiro atoms. The van der Waals surface area contributed by atoms with Gasteiger partial charge in [-0.2, -0.15) is 0 Å². The zero-order chi connectivity index (χ0) is 16.5. The van der Waals surface area contributed by atoms with Gasteiger partial charge in [-0.15, -0.1) is 11.3 Å². The number of amides is 1. The van der Waals surface area contributed by atoms with Crippen LogP contribution in [0.4, 0.5) is 5.69 Å². The second-order valence-corrected chi connectivity index (χ2v) is 8.44. The molecule has 5 nitrogen and oxygen atoms in total. The molecular weight excluding hydrogens is 320 g/mol. The summed E-state index contributed by atoms with van der Waals surface area (Å²) in [7, 11) is -1.78. The van der Waals surface area contributed by atoms with Crippen molar-refractivity contribution in [2.24, 2.45) is 0 Å². The molecule has 0 bridgehead atoms. The van der Waals surface area contributed by atoms with E-state index in [4.69, 9.17) is 0 Å². The maximum atomic E-state index is 12.2. The summed E-state index contributed by atoms with van der Waals surface area (Å²) < 4.78 is 25.4. The largest absolute Gasteiger partial charge is 0.349 e. The van der Waals surface area contributed by atoms with Crippen LogP contribution in [0.15, 0.2) is 24.3 Å². The molecule has 1 N–H and O–H groups in total. The van der Waals surface area contributed by atoms with Crippen LogP contribution in [0.1, 0.15) is 29.9 Å². The molecule has 0 radical (unpaired) electrons. The molecule has 7 heteroatoms. The first kappa shape index (κ1) is 16.8. The summed E-state index contributed by atoms with van der Waals surface area (Å²) in [6, 6.07) is 7.31. The first-order chi connectivity index (χ1) is 10.2. The summed E-state index contributed by atoms with van der Waals surface area (Å²) in [5, 5.41) is 3.80. The second kappa shape index (κ2) is 6.26. The molecule has 2 rings (SSSR count). The summed E-state index contributed by atoms with van der Waals surface area (Å²) in [5.74, 6) is -0.0893. The van der Waals surface area contributed by atoms with Crippen molar-refractivity contribution < 1.29 is 13.2 Å². The topological polar surface area (TPSA) is 66.5 Å². The molecule has 0 saturated heterocycles.